The summed E-state index contributed by atoms with van der Waals surface area (Å²) >= 11 is 0. The van der Waals surface area contributed by atoms with Crippen LogP contribution in [0.5, 0.6) is 0 Å². The molecule has 3 N–H and O–H groups in total. The zero-order valence-corrected chi connectivity index (χ0v) is 13.6. The molecule has 2 unspecified atom stereocenters. The van der Waals surface area contributed by atoms with E-state index >= 15 is 0 Å². The van der Waals surface area contributed by atoms with Gasteiger partial charge in [0, 0.05) is 5.92 Å². The highest BCUT2D eigenvalue weighted by atomic mass is 16.5. The summed E-state index contributed by atoms with van der Waals surface area (Å²) in [5.41, 5.74) is 3.31. The molecule has 0 bridgehead atoms. The van der Waals surface area contributed by atoms with Crippen molar-refractivity contribution in [1.29, 1.82) is 0 Å². The molecular formula is C16H29NO4. The highest BCUT2D eigenvalue weighted by Gasteiger charge is 2.48. The third kappa shape index (κ3) is 4.78. The highest BCUT2D eigenvalue weighted by Crippen LogP contribution is 2.35. The van der Waals surface area contributed by atoms with E-state index in [-0.39, 0.29) is 17.1 Å². The first-order valence-electron chi connectivity index (χ1n) is 7.73. The lowest BCUT2D eigenvalue weighted by Gasteiger charge is -2.36. The van der Waals surface area contributed by atoms with E-state index in [9.17, 15) is 14.7 Å². The molecular weight excluding hydrogens is 270 g/mol. The van der Waals surface area contributed by atoms with Crippen LogP contribution in [0.2, 0.25) is 0 Å². The Morgan fingerprint density at radius 1 is 1.24 bits per heavy atom. The number of nitrogens with two attached hydrogens (primary N) is 1. The number of ether oxygens (including phenoxy) is 1. The molecule has 1 saturated carbocycles. The van der Waals surface area contributed by atoms with Gasteiger partial charge in [-0.2, -0.15) is 0 Å². The summed E-state index contributed by atoms with van der Waals surface area (Å²) < 4.78 is 4.58. The number of methoxy groups -OCH3 is 1. The summed E-state index contributed by atoms with van der Waals surface area (Å²) in [6, 6.07) is 0. The Morgan fingerprint density at radius 3 is 2.19 bits per heavy atom. The van der Waals surface area contributed by atoms with Gasteiger partial charge in [0.15, 0.2) is 0 Å². The number of aliphatic hydroxyl groups is 1. The van der Waals surface area contributed by atoms with Crippen molar-refractivity contribution in [2.75, 3.05) is 7.11 Å². The Hall–Kier alpha value is -0.940. The van der Waals surface area contributed by atoms with E-state index in [0.29, 0.717) is 6.42 Å². The fraction of sp³-hybridized carbons (Fsp3) is 0.875. The molecule has 0 heterocycles. The molecule has 1 fully saturated rings. The second kappa shape index (κ2) is 6.88. The van der Waals surface area contributed by atoms with Crippen molar-refractivity contribution in [3.8, 4) is 0 Å². The van der Waals surface area contributed by atoms with Crippen molar-refractivity contribution in [1.82, 2.24) is 0 Å². The van der Waals surface area contributed by atoms with Crippen LogP contribution in [0, 0.1) is 17.3 Å². The van der Waals surface area contributed by atoms with E-state index in [2.05, 4.69) is 4.74 Å². The van der Waals surface area contributed by atoms with Gasteiger partial charge in [-0.3, -0.25) is 10.5 Å². The molecule has 1 aliphatic rings. The zero-order chi connectivity index (χ0) is 16.3. The van der Waals surface area contributed by atoms with Crippen LogP contribution in [-0.2, 0) is 14.3 Å². The van der Waals surface area contributed by atoms with Crippen molar-refractivity contribution in [2.45, 2.75) is 65.0 Å². The number of hydrogen-bond donors (Lipinski definition) is 2. The molecule has 0 aliphatic heterocycles. The summed E-state index contributed by atoms with van der Waals surface area (Å²) in [4.78, 5) is 24.6. The quantitative estimate of drug-likeness (QED) is 0.598. The van der Waals surface area contributed by atoms with Crippen LogP contribution in [0.4, 0.5) is 0 Å². The van der Waals surface area contributed by atoms with Crippen molar-refractivity contribution in [2.24, 2.45) is 23.0 Å². The van der Waals surface area contributed by atoms with Crippen LogP contribution in [0.3, 0.4) is 0 Å². The summed E-state index contributed by atoms with van der Waals surface area (Å²) in [7, 11) is 1.17. The summed E-state index contributed by atoms with van der Waals surface area (Å²) in [6.07, 6.45) is 5.15. The molecule has 0 saturated heterocycles. The van der Waals surface area contributed by atoms with Crippen LogP contribution in [0.1, 0.15) is 59.3 Å². The van der Waals surface area contributed by atoms with Gasteiger partial charge in [0.25, 0.3) is 0 Å². The lowest BCUT2D eigenvalue weighted by atomic mass is 9.72. The van der Waals surface area contributed by atoms with E-state index in [1.165, 1.54) is 7.11 Å². The predicted octanol–water partition coefficient (Wildman–Crippen LogP) is 2.01. The summed E-state index contributed by atoms with van der Waals surface area (Å²) in [5, 5.41) is 10.4. The van der Waals surface area contributed by atoms with E-state index in [0.717, 1.165) is 32.1 Å². The van der Waals surface area contributed by atoms with Crippen molar-refractivity contribution in [3.05, 3.63) is 0 Å². The molecule has 2 atom stereocenters. The third-order valence-corrected chi connectivity index (χ3v) is 4.21. The third-order valence-electron chi connectivity index (χ3n) is 4.21. The average Bonchev–Trinajstić information content (AvgIpc) is 2.43. The lowest BCUT2D eigenvalue weighted by molar-refractivity contribution is -0.173. The topological polar surface area (TPSA) is 89.6 Å². The molecule has 0 spiro atoms. The van der Waals surface area contributed by atoms with Crippen molar-refractivity contribution < 1.29 is 19.4 Å². The van der Waals surface area contributed by atoms with E-state index in [1.54, 1.807) is 0 Å². The molecule has 5 nitrogen and oxygen atoms in total. The van der Waals surface area contributed by atoms with Crippen molar-refractivity contribution >= 4 is 11.8 Å². The number of carbonyl (C=O) groups excluding carboxylic acids is 2. The van der Waals surface area contributed by atoms with E-state index in [1.807, 2.05) is 20.8 Å². The maximum absolute atomic E-state index is 12.8. The van der Waals surface area contributed by atoms with Gasteiger partial charge in [0.05, 0.1) is 13.0 Å². The smallest absolute Gasteiger partial charge is 0.353 e. The molecule has 122 valence electrons. The molecule has 1 aliphatic carbocycles. The number of rotatable bonds is 5. The van der Waals surface area contributed by atoms with Gasteiger partial charge in [0.2, 0.25) is 5.72 Å². The van der Waals surface area contributed by atoms with Crippen LogP contribution in [-0.4, -0.2) is 29.7 Å². The molecule has 0 radical (unpaired) electrons. The Morgan fingerprint density at radius 2 is 1.76 bits per heavy atom. The Balaban J connectivity index is 3.00. The van der Waals surface area contributed by atoms with Gasteiger partial charge in [-0.15, -0.1) is 0 Å². The van der Waals surface area contributed by atoms with Gasteiger partial charge in [0.1, 0.15) is 5.78 Å². The number of esters is 1. The van der Waals surface area contributed by atoms with Crippen LogP contribution in [0.25, 0.3) is 0 Å². The zero-order valence-electron chi connectivity index (χ0n) is 13.6. The molecule has 1 rings (SSSR count). The summed E-state index contributed by atoms with van der Waals surface area (Å²) in [5.74, 6) is -2.07. The number of ketones is 1. The minimum Gasteiger partial charge on any atom is -0.466 e. The number of carbonyl (C=O) groups is 2. The van der Waals surface area contributed by atoms with Crippen LogP contribution in [0.15, 0.2) is 0 Å². The molecule has 5 heteroatoms. The Labute approximate surface area is 127 Å². The fourth-order valence-electron chi connectivity index (χ4n) is 3.06. The van der Waals surface area contributed by atoms with E-state index in [4.69, 9.17) is 5.73 Å². The maximum Gasteiger partial charge on any atom is 0.353 e. The monoisotopic (exact) mass is 299 g/mol. The first-order valence-corrected chi connectivity index (χ1v) is 7.73. The SMILES string of the molecule is COC(=O)C(N)(O)C(CC(C)(C)C)C(=O)C1CCCCC1. The second-order valence-corrected chi connectivity index (χ2v) is 7.37. The highest BCUT2D eigenvalue weighted by molar-refractivity contribution is 5.91. The predicted molar refractivity (Wildman–Crippen MR) is 80.3 cm³/mol. The van der Waals surface area contributed by atoms with E-state index < -0.39 is 17.6 Å². The second-order valence-electron chi connectivity index (χ2n) is 7.37. The van der Waals surface area contributed by atoms with Crippen LogP contribution < -0.4 is 5.73 Å². The van der Waals surface area contributed by atoms with Gasteiger partial charge >= 0.3 is 5.97 Å². The first-order chi connectivity index (χ1) is 9.59. The van der Waals surface area contributed by atoms with Crippen molar-refractivity contribution in [3.63, 3.8) is 0 Å². The molecule has 0 amide bonds. The molecule has 0 aromatic rings. The average molecular weight is 299 g/mol. The maximum atomic E-state index is 12.8. The number of Topliss-reactive ketones (excluding diaryl/α,β-unsaturated/α-hetero) is 1. The van der Waals surface area contributed by atoms with Crippen LogP contribution >= 0.6 is 0 Å². The minimum absolute atomic E-state index is 0.0972. The van der Waals surface area contributed by atoms with Gasteiger partial charge in [-0.25, -0.2) is 4.79 Å². The first kappa shape index (κ1) is 18.1. The molecule has 0 aromatic heterocycles. The fourth-order valence-corrected chi connectivity index (χ4v) is 3.06. The minimum atomic E-state index is -2.25. The lowest BCUT2D eigenvalue weighted by Crippen LogP contribution is -2.59. The van der Waals surface area contributed by atoms with Gasteiger partial charge < -0.3 is 9.84 Å². The Kier molecular flexibility index (Phi) is 5.93. The molecule has 0 aromatic carbocycles. The Bertz CT molecular complexity index is 378. The standard InChI is InChI=1S/C16H29NO4/c1-15(2,3)10-12(16(17,20)14(19)21-4)13(18)11-8-6-5-7-9-11/h11-12,20H,5-10,17H2,1-4H3. The summed E-state index contributed by atoms with van der Waals surface area (Å²) in [6.45, 7) is 5.88. The van der Waals surface area contributed by atoms with Gasteiger partial charge in [-0.05, 0) is 24.7 Å². The number of hydrogen-bond acceptors (Lipinski definition) is 5. The molecule has 21 heavy (non-hydrogen) atoms. The van der Waals surface area contributed by atoms with Gasteiger partial charge in [-0.1, -0.05) is 40.0 Å². The normalized spacial score (nSPS) is 21.4. The largest absolute Gasteiger partial charge is 0.466 e.